The number of hydrogen-bond acceptors (Lipinski definition) is 7. The maximum Gasteiger partial charge on any atom is 0.234 e. The van der Waals surface area contributed by atoms with E-state index in [2.05, 4.69) is 30.6 Å². The normalized spacial score (nSPS) is 15.8. The molecule has 0 spiro atoms. The molecule has 2 N–H and O–H groups in total. The number of pyridine rings is 1. The molecule has 154 valence electrons. The lowest BCUT2D eigenvalue weighted by Gasteiger charge is -2.16. The number of nitrogens with zero attached hydrogens (tertiary/aromatic N) is 5. The monoisotopic (exact) mass is 403 g/mol. The van der Waals surface area contributed by atoms with Gasteiger partial charge in [-0.1, -0.05) is 12.1 Å². The zero-order valence-corrected chi connectivity index (χ0v) is 17.0. The third-order valence-electron chi connectivity index (χ3n) is 4.95. The molecule has 0 saturated carbocycles. The van der Waals surface area contributed by atoms with E-state index in [0.717, 1.165) is 48.3 Å². The zero-order chi connectivity index (χ0) is 20.8. The number of hydrogen-bond donors (Lipinski definition) is 2. The summed E-state index contributed by atoms with van der Waals surface area (Å²) in [5.74, 6) is 1.14. The van der Waals surface area contributed by atoms with Gasteiger partial charge in [0.2, 0.25) is 11.9 Å². The summed E-state index contributed by atoms with van der Waals surface area (Å²) in [5, 5.41) is 6.25. The Labute approximate surface area is 175 Å². The number of aryl methyl sites for hydroxylation is 1. The first-order valence-corrected chi connectivity index (χ1v) is 10.1. The van der Waals surface area contributed by atoms with E-state index >= 15 is 0 Å². The molecule has 0 aliphatic carbocycles. The minimum Gasteiger partial charge on any atom is -0.355 e. The van der Waals surface area contributed by atoms with Crippen LogP contribution >= 0.6 is 0 Å². The molecular formula is C22H25N7O. The highest BCUT2D eigenvalue weighted by atomic mass is 16.2. The second-order valence-corrected chi connectivity index (χ2v) is 7.44. The van der Waals surface area contributed by atoms with Crippen LogP contribution in [-0.2, 0) is 17.6 Å². The number of aromatic nitrogens is 4. The van der Waals surface area contributed by atoms with Crippen LogP contribution in [0.5, 0.6) is 0 Å². The molecule has 1 amide bonds. The number of amides is 1. The van der Waals surface area contributed by atoms with Gasteiger partial charge in [0.15, 0.2) is 5.82 Å². The first-order valence-electron chi connectivity index (χ1n) is 10.1. The number of nitrogens with one attached hydrogen (secondary N) is 2. The number of likely N-dealkylation sites (N-methyl/N-ethyl adjacent to an activating group) is 1. The van der Waals surface area contributed by atoms with Crippen LogP contribution in [0.25, 0.3) is 11.4 Å². The molecule has 30 heavy (non-hydrogen) atoms. The lowest BCUT2D eigenvalue weighted by atomic mass is 10.1. The van der Waals surface area contributed by atoms with Crippen molar-refractivity contribution >= 4 is 17.5 Å². The lowest BCUT2D eigenvalue weighted by molar-refractivity contribution is -0.121. The van der Waals surface area contributed by atoms with Crippen LogP contribution in [0.1, 0.15) is 17.7 Å². The Hall–Kier alpha value is -3.39. The van der Waals surface area contributed by atoms with Crippen molar-refractivity contribution in [1.29, 1.82) is 0 Å². The molecule has 0 saturated heterocycles. The standard InChI is InChI=1S/C22H25N7O/c1-29-11-3-6-18-13-17(8-10-23-18)21-25-15-26-22(28-21)27-19-5-2-4-16(12-19)7-9-24-20(30)14-29/h2,4-5,8,10,12-13,15H,3,6-7,9,11,14H2,1H3,(H,24,30)(H,25,26,27,28). The van der Waals surface area contributed by atoms with Crippen LogP contribution < -0.4 is 10.6 Å². The maximum atomic E-state index is 12.2. The molecule has 4 rings (SSSR count). The van der Waals surface area contributed by atoms with Crippen LogP contribution in [0.15, 0.2) is 48.9 Å². The second kappa shape index (κ2) is 9.41. The van der Waals surface area contributed by atoms with Gasteiger partial charge in [0.05, 0.1) is 6.54 Å². The minimum absolute atomic E-state index is 0.0420. The molecule has 0 unspecified atom stereocenters. The average Bonchev–Trinajstić information content (AvgIpc) is 2.74. The van der Waals surface area contributed by atoms with E-state index in [9.17, 15) is 4.79 Å². The van der Waals surface area contributed by atoms with Crippen molar-refractivity contribution in [2.75, 3.05) is 32.0 Å². The molecule has 0 radical (unpaired) electrons. The number of benzene rings is 1. The van der Waals surface area contributed by atoms with Crippen molar-refractivity contribution in [3.8, 4) is 11.4 Å². The number of fused-ring (bicyclic) bond motifs is 7. The molecule has 1 aromatic carbocycles. The van der Waals surface area contributed by atoms with Crippen LogP contribution in [0.4, 0.5) is 11.6 Å². The summed E-state index contributed by atoms with van der Waals surface area (Å²) < 4.78 is 0. The predicted molar refractivity (Wildman–Crippen MR) is 115 cm³/mol. The SMILES string of the molecule is CN1CCCc2cc(ccn2)-c2ncnc(n2)Nc2cccc(c2)CCNC(=O)C1. The highest BCUT2D eigenvalue weighted by Crippen LogP contribution is 2.19. The predicted octanol–water partition coefficient (Wildman–Crippen LogP) is 2.21. The summed E-state index contributed by atoms with van der Waals surface area (Å²) >= 11 is 0. The van der Waals surface area contributed by atoms with E-state index in [-0.39, 0.29) is 5.91 Å². The lowest BCUT2D eigenvalue weighted by Crippen LogP contribution is -2.36. The summed E-state index contributed by atoms with van der Waals surface area (Å²) in [7, 11) is 1.97. The molecule has 3 heterocycles. The maximum absolute atomic E-state index is 12.2. The smallest absolute Gasteiger partial charge is 0.234 e. The van der Waals surface area contributed by atoms with Gasteiger partial charge in [-0.15, -0.1) is 0 Å². The van der Waals surface area contributed by atoms with E-state index in [1.165, 1.54) is 6.33 Å². The number of anilines is 2. The van der Waals surface area contributed by atoms with Gasteiger partial charge in [-0.3, -0.25) is 14.7 Å². The van der Waals surface area contributed by atoms with E-state index in [4.69, 9.17) is 0 Å². The molecule has 8 nitrogen and oxygen atoms in total. The Morgan fingerprint density at radius 2 is 2.00 bits per heavy atom. The van der Waals surface area contributed by atoms with Crippen molar-refractivity contribution in [2.24, 2.45) is 0 Å². The van der Waals surface area contributed by atoms with Crippen molar-refractivity contribution in [3.05, 3.63) is 60.2 Å². The molecule has 0 fully saturated rings. The van der Waals surface area contributed by atoms with Crippen LogP contribution in [-0.4, -0.2) is 57.4 Å². The number of carbonyl (C=O) groups is 1. The number of carbonyl (C=O) groups excluding carboxylic acids is 1. The summed E-state index contributed by atoms with van der Waals surface area (Å²) in [4.78, 5) is 31.9. The third kappa shape index (κ3) is 5.36. The fourth-order valence-electron chi connectivity index (χ4n) is 3.44. The molecule has 3 aromatic rings. The quantitative estimate of drug-likeness (QED) is 0.594. The molecule has 8 heteroatoms. The van der Waals surface area contributed by atoms with Gasteiger partial charge >= 0.3 is 0 Å². The van der Waals surface area contributed by atoms with E-state index in [0.29, 0.717) is 24.9 Å². The molecule has 1 aliphatic rings. The summed E-state index contributed by atoms with van der Waals surface area (Å²) in [6.45, 7) is 1.81. The number of rotatable bonds is 0. The highest BCUT2D eigenvalue weighted by molar-refractivity contribution is 5.78. The minimum atomic E-state index is 0.0420. The van der Waals surface area contributed by atoms with E-state index < -0.39 is 0 Å². The summed E-state index contributed by atoms with van der Waals surface area (Å²) in [6.07, 6.45) is 5.79. The third-order valence-corrected chi connectivity index (χ3v) is 4.95. The highest BCUT2D eigenvalue weighted by Gasteiger charge is 2.09. The van der Waals surface area contributed by atoms with Crippen molar-refractivity contribution in [1.82, 2.24) is 30.2 Å². The van der Waals surface area contributed by atoms with Crippen LogP contribution in [0, 0.1) is 0 Å². The van der Waals surface area contributed by atoms with E-state index in [1.54, 1.807) is 6.20 Å². The van der Waals surface area contributed by atoms with Crippen LogP contribution in [0.3, 0.4) is 0 Å². The fraction of sp³-hybridized carbons (Fsp3) is 0.318. The second-order valence-electron chi connectivity index (χ2n) is 7.44. The zero-order valence-electron chi connectivity index (χ0n) is 17.0. The van der Waals surface area contributed by atoms with Gasteiger partial charge in [0.1, 0.15) is 6.33 Å². The molecule has 0 atom stereocenters. The molecule has 2 aromatic heterocycles. The molecular weight excluding hydrogens is 378 g/mol. The van der Waals surface area contributed by atoms with Gasteiger partial charge in [-0.05, 0) is 62.7 Å². The first kappa shape index (κ1) is 19.9. The Morgan fingerprint density at radius 3 is 2.93 bits per heavy atom. The van der Waals surface area contributed by atoms with Crippen molar-refractivity contribution in [3.63, 3.8) is 0 Å². The Kier molecular flexibility index (Phi) is 6.24. The largest absolute Gasteiger partial charge is 0.355 e. The summed E-state index contributed by atoms with van der Waals surface area (Å²) in [5.41, 5.74) is 3.90. The average molecular weight is 403 g/mol. The van der Waals surface area contributed by atoms with Gasteiger partial charge in [-0.2, -0.15) is 4.98 Å². The fourth-order valence-corrected chi connectivity index (χ4v) is 3.44. The van der Waals surface area contributed by atoms with E-state index in [1.807, 2.05) is 48.3 Å². The Morgan fingerprint density at radius 1 is 1.07 bits per heavy atom. The van der Waals surface area contributed by atoms with Gasteiger partial charge in [0, 0.05) is 29.7 Å². The van der Waals surface area contributed by atoms with Crippen LogP contribution in [0.2, 0.25) is 0 Å². The van der Waals surface area contributed by atoms with Gasteiger partial charge < -0.3 is 10.6 Å². The summed E-state index contributed by atoms with van der Waals surface area (Å²) in [6, 6.07) is 12.0. The van der Waals surface area contributed by atoms with Crippen molar-refractivity contribution < 1.29 is 4.79 Å². The van der Waals surface area contributed by atoms with Gasteiger partial charge in [-0.25, -0.2) is 9.97 Å². The van der Waals surface area contributed by atoms with Gasteiger partial charge in [0.25, 0.3) is 0 Å². The van der Waals surface area contributed by atoms with Crippen molar-refractivity contribution in [2.45, 2.75) is 19.3 Å². The topological polar surface area (TPSA) is 95.9 Å². The molecule has 6 bridgehead atoms. The Balaban J connectivity index is 1.62. The Bertz CT molecular complexity index is 1020. The molecule has 1 aliphatic heterocycles. The first-order chi connectivity index (χ1) is 14.7.